The molecule has 0 spiro atoms. The Hall–Kier alpha value is -3.94. The van der Waals surface area contributed by atoms with E-state index in [9.17, 15) is 14.4 Å². The number of nitrogens with zero attached hydrogens (tertiary/aromatic N) is 1. The van der Waals surface area contributed by atoms with Crippen molar-refractivity contribution in [3.05, 3.63) is 78.4 Å². The fourth-order valence-corrected chi connectivity index (χ4v) is 2.17. The average Bonchev–Trinajstić information content (AvgIpc) is 2.75. The van der Waals surface area contributed by atoms with Gasteiger partial charge < -0.3 is 15.4 Å². The van der Waals surface area contributed by atoms with Crippen LogP contribution in [0.2, 0.25) is 0 Å². The van der Waals surface area contributed by atoms with Crippen LogP contribution in [0.5, 0.6) is 5.75 Å². The summed E-state index contributed by atoms with van der Waals surface area (Å²) in [5.74, 6) is -1.58. The molecule has 0 heterocycles. The minimum atomic E-state index is -0.901. The molecule has 8 nitrogen and oxygen atoms in total. The first-order chi connectivity index (χ1) is 14.1. The Morgan fingerprint density at radius 3 is 2.45 bits per heavy atom. The number of amides is 3. The predicted octanol–water partition coefficient (Wildman–Crippen LogP) is 1.13. The highest BCUT2D eigenvalue weighted by atomic mass is 16.5. The molecule has 0 unspecified atom stereocenters. The van der Waals surface area contributed by atoms with Crippen LogP contribution in [0.1, 0.15) is 11.1 Å². The molecule has 0 saturated heterocycles. The van der Waals surface area contributed by atoms with Gasteiger partial charge in [-0.1, -0.05) is 48.5 Å². The number of carbonyl (C=O) groups is 3. The van der Waals surface area contributed by atoms with Gasteiger partial charge in [0.25, 0.3) is 5.91 Å². The number of hydrogen-bond donors (Lipinski definition) is 3. The molecule has 0 bridgehead atoms. The summed E-state index contributed by atoms with van der Waals surface area (Å²) in [4.78, 5) is 35.0. The van der Waals surface area contributed by atoms with Crippen LogP contribution >= 0.6 is 0 Å². The first kappa shape index (κ1) is 21.4. The van der Waals surface area contributed by atoms with Crippen molar-refractivity contribution in [3.63, 3.8) is 0 Å². The third kappa shape index (κ3) is 7.67. The fourth-order valence-electron chi connectivity index (χ4n) is 2.17. The smallest absolute Gasteiger partial charge is 0.329 e. The summed E-state index contributed by atoms with van der Waals surface area (Å²) >= 11 is 0. The van der Waals surface area contributed by atoms with Gasteiger partial charge in [0.1, 0.15) is 5.75 Å². The molecular weight excluding hydrogens is 372 g/mol. The maximum Gasteiger partial charge on any atom is 0.329 e. The van der Waals surface area contributed by atoms with Crippen LogP contribution in [0, 0.1) is 0 Å². The van der Waals surface area contributed by atoms with Gasteiger partial charge in [-0.15, -0.1) is 6.58 Å². The maximum atomic E-state index is 12.0. The lowest BCUT2D eigenvalue weighted by atomic mass is 10.2. The van der Waals surface area contributed by atoms with Crippen molar-refractivity contribution < 1.29 is 19.1 Å². The highest BCUT2D eigenvalue weighted by Crippen LogP contribution is 2.15. The number of carbonyl (C=O) groups excluding carboxylic acids is 3. The summed E-state index contributed by atoms with van der Waals surface area (Å²) < 4.78 is 5.54. The number of nitrogens with one attached hydrogen (secondary N) is 3. The molecule has 0 aliphatic heterocycles. The zero-order valence-corrected chi connectivity index (χ0v) is 15.8. The van der Waals surface area contributed by atoms with E-state index >= 15 is 0 Å². The van der Waals surface area contributed by atoms with Crippen LogP contribution in [0.15, 0.2) is 72.4 Å². The predicted molar refractivity (Wildman–Crippen MR) is 109 cm³/mol. The Labute approximate surface area is 168 Å². The normalized spacial score (nSPS) is 10.2. The van der Waals surface area contributed by atoms with Crippen LogP contribution in [-0.2, 0) is 20.9 Å². The molecule has 0 radical (unpaired) electrons. The Bertz CT molecular complexity index is 881. The maximum absolute atomic E-state index is 12.0. The molecule has 29 heavy (non-hydrogen) atoms. The quantitative estimate of drug-likeness (QED) is 0.256. The molecule has 2 aromatic carbocycles. The fraction of sp³-hybridized carbons (Fsp3) is 0.143. The van der Waals surface area contributed by atoms with E-state index in [1.807, 2.05) is 30.3 Å². The number of hydrazone groups is 1. The van der Waals surface area contributed by atoms with Crippen LogP contribution in [0.3, 0.4) is 0 Å². The van der Waals surface area contributed by atoms with Crippen molar-refractivity contribution in [2.24, 2.45) is 5.10 Å². The summed E-state index contributed by atoms with van der Waals surface area (Å²) in [6.45, 7) is 3.86. The van der Waals surface area contributed by atoms with Gasteiger partial charge in [0.05, 0.1) is 6.21 Å². The first-order valence-electron chi connectivity index (χ1n) is 8.84. The third-order valence-electron chi connectivity index (χ3n) is 3.59. The lowest BCUT2D eigenvalue weighted by Crippen LogP contribution is -2.37. The van der Waals surface area contributed by atoms with E-state index in [0.717, 1.165) is 5.56 Å². The van der Waals surface area contributed by atoms with Gasteiger partial charge in [-0.2, -0.15) is 5.10 Å². The zero-order valence-electron chi connectivity index (χ0n) is 15.8. The summed E-state index contributed by atoms with van der Waals surface area (Å²) in [5, 5.41) is 8.85. The van der Waals surface area contributed by atoms with Crippen LogP contribution in [-0.4, -0.2) is 37.1 Å². The molecule has 2 rings (SSSR count). The summed E-state index contributed by atoms with van der Waals surface area (Å²) in [6.07, 6.45) is 2.79. The Kier molecular flexibility index (Phi) is 8.62. The van der Waals surface area contributed by atoms with Gasteiger partial charge in [-0.3, -0.25) is 14.4 Å². The molecule has 3 amide bonds. The Morgan fingerprint density at radius 1 is 0.966 bits per heavy atom. The van der Waals surface area contributed by atoms with E-state index in [1.54, 1.807) is 24.3 Å². The minimum Gasteiger partial charge on any atom is -0.483 e. The molecule has 0 saturated carbocycles. The van der Waals surface area contributed by atoms with Crippen molar-refractivity contribution in [2.75, 3.05) is 13.2 Å². The summed E-state index contributed by atoms with van der Waals surface area (Å²) in [5.41, 5.74) is 3.64. The van der Waals surface area contributed by atoms with Gasteiger partial charge in [-0.05, 0) is 17.7 Å². The number of benzene rings is 2. The SMILES string of the molecule is C=CCNC(=O)C(=O)N/N=C\c1ccccc1OCC(=O)NCc1ccccc1. The number of hydrogen-bond acceptors (Lipinski definition) is 5. The van der Waals surface area contributed by atoms with Gasteiger partial charge in [0.2, 0.25) is 0 Å². The van der Waals surface area contributed by atoms with E-state index in [0.29, 0.717) is 17.9 Å². The average molecular weight is 394 g/mol. The number of rotatable bonds is 9. The Balaban J connectivity index is 1.84. The molecule has 0 atom stereocenters. The van der Waals surface area contributed by atoms with Crippen molar-refractivity contribution in [1.29, 1.82) is 0 Å². The van der Waals surface area contributed by atoms with Gasteiger partial charge in [-0.25, -0.2) is 5.43 Å². The lowest BCUT2D eigenvalue weighted by molar-refractivity contribution is -0.139. The van der Waals surface area contributed by atoms with E-state index in [-0.39, 0.29) is 19.1 Å². The third-order valence-corrected chi connectivity index (χ3v) is 3.59. The molecule has 0 aliphatic rings. The molecule has 0 fully saturated rings. The molecular formula is C21H22N4O4. The van der Waals surface area contributed by atoms with Gasteiger partial charge >= 0.3 is 11.8 Å². The Morgan fingerprint density at radius 2 is 1.69 bits per heavy atom. The minimum absolute atomic E-state index is 0.173. The highest BCUT2D eigenvalue weighted by Gasteiger charge is 2.11. The highest BCUT2D eigenvalue weighted by molar-refractivity contribution is 6.35. The molecule has 8 heteroatoms. The van der Waals surface area contributed by atoms with Crippen molar-refractivity contribution in [3.8, 4) is 5.75 Å². The number of para-hydroxylation sites is 1. The molecule has 150 valence electrons. The molecule has 0 aliphatic carbocycles. The second-order valence-electron chi connectivity index (χ2n) is 5.79. The molecule has 2 aromatic rings. The first-order valence-corrected chi connectivity index (χ1v) is 8.84. The van der Waals surface area contributed by atoms with Crippen LogP contribution in [0.4, 0.5) is 0 Å². The summed E-state index contributed by atoms with van der Waals surface area (Å²) in [6, 6.07) is 16.4. The summed E-state index contributed by atoms with van der Waals surface area (Å²) in [7, 11) is 0. The van der Waals surface area contributed by atoms with Crippen LogP contribution < -0.4 is 20.8 Å². The van der Waals surface area contributed by atoms with Crippen molar-refractivity contribution in [1.82, 2.24) is 16.1 Å². The monoisotopic (exact) mass is 394 g/mol. The van der Waals surface area contributed by atoms with E-state index in [2.05, 4.69) is 27.7 Å². The molecule has 0 aromatic heterocycles. The number of ether oxygens (including phenoxy) is 1. The lowest BCUT2D eigenvalue weighted by Gasteiger charge is -2.09. The van der Waals surface area contributed by atoms with Gasteiger partial charge in [0, 0.05) is 18.7 Å². The second kappa shape index (κ2) is 11.7. The van der Waals surface area contributed by atoms with E-state index in [1.165, 1.54) is 12.3 Å². The second-order valence-corrected chi connectivity index (χ2v) is 5.79. The van der Waals surface area contributed by atoms with E-state index < -0.39 is 11.8 Å². The molecule has 3 N–H and O–H groups in total. The van der Waals surface area contributed by atoms with Crippen molar-refractivity contribution >= 4 is 23.9 Å². The topological polar surface area (TPSA) is 109 Å². The van der Waals surface area contributed by atoms with E-state index in [4.69, 9.17) is 4.74 Å². The largest absolute Gasteiger partial charge is 0.483 e. The van der Waals surface area contributed by atoms with Gasteiger partial charge in [0.15, 0.2) is 6.61 Å². The standard InChI is InChI=1S/C21H22N4O4/c1-2-12-22-20(27)21(28)25-24-14-17-10-6-7-11-18(17)29-15-19(26)23-13-16-8-4-3-5-9-16/h2-11,14H,1,12-13,15H2,(H,22,27)(H,23,26)(H,25,28)/b24-14-. The zero-order chi connectivity index (χ0) is 20.9. The van der Waals surface area contributed by atoms with Crippen LogP contribution in [0.25, 0.3) is 0 Å². The van der Waals surface area contributed by atoms with Crippen molar-refractivity contribution in [2.45, 2.75) is 6.54 Å².